The summed E-state index contributed by atoms with van der Waals surface area (Å²) in [6, 6.07) is 18.3. The highest BCUT2D eigenvalue weighted by Crippen LogP contribution is 2.25. The van der Waals surface area contributed by atoms with Crippen LogP contribution in [0.1, 0.15) is 58.1 Å². The molecule has 1 aliphatic rings. The smallest absolute Gasteiger partial charge is 0.0406 e. The first-order chi connectivity index (χ1) is 16.3. The second-order valence-electron chi connectivity index (χ2n) is 10.6. The topological polar surface area (TPSA) is 32.5 Å². The highest BCUT2D eigenvalue weighted by atomic mass is 35.5. The monoisotopic (exact) mass is 481 g/mol. The van der Waals surface area contributed by atoms with Gasteiger partial charge in [-0.05, 0) is 87.3 Å². The van der Waals surface area contributed by atoms with Gasteiger partial charge >= 0.3 is 0 Å². The van der Waals surface area contributed by atoms with Gasteiger partial charge in [0.15, 0.2) is 0 Å². The summed E-state index contributed by atoms with van der Waals surface area (Å²) in [5, 5.41) is 0.800. The van der Waals surface area contributed by atoms with Crippen molar-refractivity contribution >= 4 is 17.3 Å². The zero-order chi connectivity index (χ0) is 24.5. The van der Waals surface area contributed by atoms with Crippen molar-refractivity contribution < 1.29 is 0 Å². The van der Waals surface area contributed by atoms with E-state index >= 15 is 0 Å². The van der Waals surface area contributed by atoms with Crippen LogP contribution < -0.4 is 10.6 Å². The van der Waals surface area contributed by atoms with Gasteiger partial charge in [-0.1, -0.05) is 61.4 Å². The third-order valence-corrected chi connectivity index (χ3v) is 7.10. The van der Waals surface area contributed by atoms with Crippen molar-refractivity contribution in [3.63, 3.8) is 0 Å². The van der Waals surface area contributed by atoms with E-state index in [0.717, 1.165) is 50.5 Å². The fourth-order valence-corrected chi connectivity index (χ4v) is 5.09. The third kappa shape index (κ3) is 8.76. The Morgan fingerprint density at radius 1 is 1.00 bits per heavy atom. The van der Waals surface area contributed by atoms with Crippen LogP contribution in [0.3, 0.4) is 0 Å². The van der Waals surface area contributed by atoms with Gasteiger partial charge in [-0.3, -0.25) is 0 Å². The molecule has 4 heteroatoms. The molecule has 1 aliphatic heterocycles. The molecule has 0 amide bonds. The molecule has 1 atom stereocenters. The zero-order valence-corrected chi connectivity index (χ0v) is 22.4. The molecule has 1 fully saturated rings. The molecule has 1 heterocycles. The molecular formula is C30H44ClN3. The maximum Gasteiger partial charge on any atom is 0.0406 e. The molecular weight excluding hydrogens is 438 g/mol. The van der Waals surface area contributed by atoms with Gasteiger partial charge in [0.25, 0.3) is 0 Å². The molecule has 0 unspecified atom stereocenters. The van der Waals surface area contributed by atoms with E-state index < -0.39 is 0 Å². The zero-order valence-electron chi connectivity index (χ0n) is 21.6. The summed E-state index contributed by atoms with van der Waals surface area (Å²) in [7, 11) is 0. The normalized spacial score (nSPS) is 16.0. The van der Waals surface area contributed by atoms with Gasteiger partial charge < -0.3 is 15.5 Å². The molecule has 0 radical (unpaired) electrons. The van der Waals surface area contributed by atoms with Crippen molar-refractivity contribution in [3.8, 4) is 0 Å². The predicted molar refractivity (Wildman–Crippen MR) is 149 cm³/mol. The van der Waals surface area contributed by atoms with E-state index in [1.165, 1.54) is 35.2 Å². The molecule has 2 N–H and O–H groups in total. The minimum absolute atomic E-state index is 0.291. The van der Waals surface area contributed by atoms with Crippen LogP contribution in [-0.2, 0) is 12.8 Å². The predicted octanol–water partition coefficient (Wildman–Crippen LogP) is 6.74. The van der Waals surface area contributed by atoms with Crippen LogP contribution in [0.5, 0.6) is 0 Å². The molecule has 0 bridgehead atoms. The summed E-state index contributed by atoms with van der Waals surface area (Å²) in [6.07, 6.45) is 7.95. The molecule has 0 aromatic heterocycles. The third-order valence-electron chi connectivity index (χ3n) is 6.84. The lowest BCUT2D eigenvalue weighted by Crippen LogP contribution is -2.48. The Balaban J connectivity index is 1.59. The number of anilines is 1. The maximum atomic E-state index is 6.39. The average molecular weight is 482 g/mol. The summed E-state index contributed by atoms with van der Waals surface area (Å²) < 4.78 is 0. The molecule has 2 aromatic carbocycles. The molecule has 0 saturated carbocycles. The van der Waals surface area contributed by atoms with Gasteiger partial charge in [0.1, 0.15) is 0 Å². The minimum atomic E-state index is 0.291. The summed E-state index contributed by atoms with van der Waals surface area (Å²) in [5.41, 5.74) is 11.8. The number of benzene rings is 2. The lowest BCUT2D eigenvalue weighted by atomic mass is 9.99. The molecule has 3 rings (SSSR count). The first-order valence-electron chi connectivity index (χ1n) is 13.0. The van der Waals surface area contributed by atoms with Gasteiger partial charge in [-0.25, -0.2) is 0 Å². The number of aryl methyl sites for hydroxylation is 2. The van der Waals surface area contributed by atoms with E-state index in [1.54, 1.807) is 0 Å². The number of halogens is 1. The van der Waals surface area contributed by atoms with Crippen molar-refractivity contribution in [2.24, 2.45) is 11.7 Å². The quantitative estimate of drug-likeness (QED) is 0.361. The Kier molecular flexibility index (Phi) is 10.5. The summed E-state index contributed by atoms with van der Waals surface area (Å²) in [6.45, 7) is 13.2. The van der Waals surface area contributed by atoms with Crippen LogP contribution >= 0.6 is 11.6 Å². The van der Waals surface area contributed by atoms with Crippen molar-refractivity contribution in [1.82, 2.24) is 4.90 Å². The van der Waals surface area contributed by atoms with Crippen LogP contribution in [0, 0.1) is 5.92 Å². The number of nitrogens with zero attached hydrogens (tertiary/aromatic N) is 2. The summed E-state index contributed by atoms with van der Waals surface area (Å²) >= 11 is 6.02. The molecule has 2 aromatic rings. The Morgan fingerprint density at radius 2 is 1.56 bits per heavy atom. The minimum Gasteiger partial charge on any atom is -0.365 e. The van der Waals surface area contributed by atoms with E-state index in [2.05, 4.69) is 80.0 Å². The first-order valence-corrected chi connectivity index (χ1v) is 13.4. The largest absolute Gasteiger partial charge is 0.365 e. The number of likely N-dealkylation sites (tertiary alicyclic amines) is 1. The molecule has 34 heavy (non-hydrogen) atoms. The van der Waals surface area contributed by atoms with Gasteiger partial charge in [0.2, 0.25) is 0 Å². The number of piperidine rings is 1. The lowest BCUT2D eigenvalue weighted by Gasteiger charge is -2.40. The number of hydrogen-bond acceptors (Lipinski definition) is 3. The Bertz CT molecular complexity index is 876. The van der Waals surface area contributed by atoms with Crippen LogP contribution in [0.2, 0.25) is 5.02 Å². The van der Waals surface area contributed by atoms with Crippen molar-refractivity contribution in [2.45, 2.75) is 71.9 Å². The van der Waals surface area contributed by atoms with Crippen LogP contribution in [0.25, 0.3) is 0 Å². The standard InChI is InChI=1S/C30H44ClN3/c1-23(2)15-20-34(30-16-18-33(19-17-30)22-28(32)21-24(3)4)29-13-9-26(10-14-29)6-5-25-7-11-27(31)12-8-25/h7-15,24,28,30H,5-6,16-22,32H2,1-4H3/t28-/m1/s1. The Hall–Kier alpha value is -1.81. The lowest BCUT2D eigenvalue weighted by molar-refractivity contribution is 0.193. The fourth-order valence-electron chi connectivity index (χ4n) is 4.97. The fraction of sp³-hybridized carbons (Fsp3) is 0.533. The van der Waals surface area contributed by atoms with Crippen molar-refractivity contribution in [1.29, 1.82) is 0 Å². The summed E-state index contributed by atoms with van der Waals surface area (Å²) in [4.78, 5) is 5.18. The number of nitrogens with two attached hydrogens (primary N) is 1. The SMILES string of the molecule is CC(C)=CCN(c1ccc(CCc2ccc(Cl)cc2)cc1)C1CCN(C[C@H](N)CC(C)C)CC1. The van der Waals surface area contributed by atoms with Gasteiger partial charge in [0.05, 0.1) is 0 Å². The molecule has 3 nitrogen and oxygen atoms in total. The summed E-state index contributed by atoms with van der Waals surface area (Å²) in [5.74, 6) is 0.668. The van der Waals surface area contributed by atoms with Crippen molar-refractivity contribution in [2.75, 3.05) is 31.1 Å². The van der Waals surface area contributed by atoms with E-state index in [4.69, 9.17) is 17.3 Å². The number of allylic oxidation sites excluding steroid dienone is 1. The van der Waals surface area contributed by atoms with E-state index in [9.17, 15) is 0 Å². The van der Waals surface area contributed by atoms with Crippen LogP contribution in [0.15, 0.2) is 60.2 Å². The van der Waals surface area contributed by atoms with Gasteiger partial charge in [-0.15, -0.1) is 0 Å². The first kappa shape index (κ1) is 26.8. The Labute approximate surface area is 213 Å². The number of rotatable bonds is 11. The highest BCUT2D eigenvalue weighted by Gasteiger charge is 2.25. The highest BCUT2D eigenvalue weighted by molar-refractivity contribution is 6.30. The van der Waals surface area contributed by atoms with E-state index in [-0.39, 0.29) is 0 Å². The van der Waals surface area contributed by atoms with E-state index in [0.29, 0.717) is 18.0 Å². The van der Waals surface area contributed by atoms with E-state index in [1.807, 2.05) is 12.1 Å². The maximum absolute atomic E-state index is 6.39. The van der Waals surface area contributed by atoms with Gasteiger partial charge in [0, 0.05) is 49.0 Å². The Morgan fingerprint density at radius 3 is 2.09 bits per heavy atom. The second-order valence-corrected chi connectivity index (χ2v) is 11.1. The van der Waals surface area contributed by atoms with Crippen LogP contribution in [-0.4, -0.2) is 43.2 Å². The second kappa shape index (κ2) is 13.3. The molecule has 186 valence electrons. The molecule has 1 saturated heterocycles. The molecule has 0 aliphatic carbocycles. The van der Waals surface area contributed by atoms with Gasteiger partial charge in [-0.2, -0.15) is 0 Å². The van der Waals surface area contributed by atoms with Crippen LogP contribution in [0.4, 0.5) is 5.69 Å². The van der Waals surface area contributed by atoms with Crippen molar-refractivity contribution in [3.05, 3.63) is 76.3 Å². The molecule has 0 spiro atoms. The average Bonchev–Trinajstić information content (AvgIpc) is 2.80. The number of hydrogen-bond donors (Lipinski definition) is 1.